The van der Waals surface area contributed by atoms with E-state index in [2.05, 4.69) is 5.32 Å². The highest BCUT2D eigenvalue weighted by molar-refractivity contribution is 5.97. The molecule has 2 aliphatic rings. The molecule has 216 valence electrons. The van der Waals surface area contributed by atoms with Gasteiger partial charge in [-0.05, 0) is 57.2 Å². The van der Waals surface area contributed by atoms with Crippen LogP contribution < -0.4 is 10.1 Å². The normalized spacial score (nSPS) is 21.6. The summed E-state index contributed by atoms with van der Waals surface area (Å²) in [5.41, 5.74) is -1.12. The molecule has 1 aliphatic carbocycles. The van der Waals surface area contributed by atoms with E-state index in [1.165, 1.54) is 0 Å². The second-order valence-electron chi connectivity index (χ2n) is 12.4. The Bertz CT molecular complexity index is 1020. The van der Waals surface area contributed by atoms with Gasteiger partial charge in [-0.2, -0.15) is 0 Å². The van der Waals surface area contributed by atoms with Crippen LogP contribution in [-0.4, -0.2) is 59.3 Å². The van der Waals surface area contributed by atoms with Gasteiger partial charge in [0, 0.05) is 31.1 Å². The minimum absolute atomic E-state index is 0.0251. The van der Waals surface area contributed by atoms with Crippen LogP contribution in [-0.2, 0) is 30.3 Å². The highest BCUT2D eigenvalue weighted by atomic mass is 16.6. The van der Waals surface area contributed by atoms with Crippen molar-refractivity contribution in [3.05, 3.63) is 29.8 Å². The van der Waals surface area contributed by atoms with Crippen molar-refractivity contribution in [2.45, 2.75) is 103 Å². The highest BCUT2D eigenvalue weighted by Gasteiger charge is 2.50. The SMILES string of the molecule is COc1ccc(CC(NC(=O)C(C)CC(=O)CC(C)(C)O)C(=O)CC(CC2CCCC2)C(=O)C2(C)CO2)cc1. The number of hydrogen-bond acceptors (Lipinski definition) is 7. The Hall–Kier alpha value is -2.58. The predicted octanol–water partition coefficient (Wildman–Crippen LogP) is 3.99. The number of nitrogens with one attached hydrogen (secondary N) is 1. The van der Waals surface area contributed by atoms with E-state index >= 15 is 0 Å². The monoisotopic (exact) mass is 543 g/mol. The van der Waals surface area contributed by atoms with Crippen molar-refractivity contribution in [3.63, 3.8) is 0 Å². The summed E-state index contributed by atoms with van der Waals surface area (Å²) in [6.45, 7) is 6.91. The quantitative estimate of drug-likeness (QED) is 0.302. The summed E-state index contributed by atoms with van der Waals surface area (Å²) >= 11 is 0. The van der Waals surface area contributed by atoms with Crippen LogP contribution in [0.2, 0.25) is 0 Å². The molecule has 3 rings (SSSR count). The molecule has 1 saturated heterocycles. The van der Waals surface area contributed by atoms with Crippen molar-refractivity contribution in [3.8, 4) is 5.75 Å². The molecule has 2 N–H and O–H groups in total. The maximum Gasteiger partial charge on any atom is 0.223 e. The van der Waals surface area contributed by atoms with E-state index in [4.69, 9.17) is 9.47 Å². The lowest BCUT2D eigenvalue weighted by atomic mass is 9.81. The van der Waals surface area contributed by atoms with Gasteiger partial charge in [-0.25, -0.2) is 0 Å². The van der Waals surface area contributed by atoms with Gasteiger partial charge in [-0.15, -0.1) is 0 Å². The van der Waals surface area contributed by atoms with Gasteiger partial charge in [-0.3, -0.25) is 19.2 Å². The Morgan fingerprint density at radius 3 is 2.28 bits per heavy atom. The first-order valence-corrected chi connectivity index (χ1v) is 14.2. The molecule has 39 heavy (non-hydrogen) atoms. The van der Waals surface area contributed by atoms with E-state index in [-0.39, 0.29) is 43.0 Å². The number of methoxy groups -OCH3 is 1. The summed E-state index contributed by atoms with van der Waals surface area (Å²) in [4.78, 5) is 52.6. The number of ketones is 3. The number of Topliss-reactive ketones (excluding diaryl/α,β-unsaturated/α-hetero) is 3. The average molecular weight is 544 g/mol. The number of aliphatic hydroxyl groups is 1. The molecule has 1 aliphatic heterocycles. The highest BCUT2D eigenvalue weighted by Crippen LogP contribution is 2.37. The molecule has 1 aromatic carbocycles. The first-order chi connectivity index (χ1) is 18.3. The van der Waals surface area contributed by atoms with Crippen LogP contribution in [0.25, 0.3) is 0 Å². The second-order valence-corrected chi connectivity index (χ2v) is 12.4. The molecule has 1 heterocycles. The Kier molecular flexibility index (Phi) is 10.5. The van der Waals surface area contributed by atoms with Crippen LogP contribution in [0.4, 0.5) is 0 Å². The van der Waals surface area contributed by atoms with E-state index < -0.39 is 35.0 Å². The standard InChI is InChI=1S/C31H45NO7/c1-20(14-24(33)18-30(2,3)37)29(36)32-26(16-22-10-12-25(38-5)13-11-22)27(34)17-23(15-21-8-6-7-9-21)28(35)31(4)19-39-31/h10-13,20-21,23,26,37H,6-9,14-19H2,1-5H3,(H,32,36). The molecule has 1 amide bonds. The fraction of sp³-hybridized carbons (Fsp3) is 0.677. The Morgan fingerprint density at radius 2 is 1.74 bits per heavy atom. The molecule has 0 spiro atoms. The van der Waals surface area contributed by atoms with Crippen LogP contribution in [0.3, 0.4) is 0 Å². The number of carbonyl (C=O) groups excluding carboxylic acids is 4. The van der Waals surface area contributed by atoms with Gasteiger partial charge in [-0.1, -0.05) is 44.7 Å². The molecule has 0 radical (unpaired) electrons. The number of carbonyl (C=O) groups is 4. The third kappa shape index (κ3) is 9.53. The Balaban J connectivity index is 1.75. The first-order valence-electron chi connectivity index (χ1n) is 14.2. The predicted molar refractivity (Wildman–Crippen MR) is 147 cm³/mol. The van der Waals surface area contributed by atoms with Crippen molar-refractivity contribution < 1.29 is 33.8 Å². The molecule has 8 nitrogen and oxygen atoms in total. The van der Waals surface area contributed by atoms with Crippen LogP contribution in [0.15, 0.2) is 24.3 Å². The zero-order valence-electron chi connectivity index (χ0n) is 24.1. The van der Waals surface area contributed by atoms with Crippen molar-refractivity contribution in [2.75, 3.05) is 13.7 Å². The fourth-order valence-electron chi connectivity index (χ4n) is 5.54. The van der Waals surface area contributed by atoms with E-state index in [0.717, 1.165) is 31.2 Å². The van der Waals surface area contributed by atoms with Crippen molar-refractivity contribution in [2.24, 2.45) is 17.8 Å². The van der Waals surface area contributed by atoms with Crippen molar-refractivity contribution >= 4 is 23.3 Å². The topological polar surface area (TPSA) is 122 Å². The number of amides is 1. The molecule has 4 unspecified atom stereocenters. The summed E-state index contributed by atoms with van der Waals surface area (Å²) in [6.07, 6.45) is 5.31. The van der Waals surface area contributed by atoms with Crippen LogP contribution in [0.1, 0.15) is 84.6 Å². The molecular formula is C31H45NO7. The number of rotatable bonds is 16. The van der Waals surface area contributed by atoms with Gasteiger partial charge in [0.15, 0.2) is 11.6 Å². The lowest BCUT2D eigenvalue weighted by Gasteiger charge is -2.25. The van der Waals surface area contributed by atoms with Crippen LogP contribution in [0, 0.1) is 17.8 Å². The molecule has 1 saturated carbocycles. The van der Waals surface area contributed by atoms with Gasteiger partial charge >= 0.3 is 0 Å². The molecule has 0 bridgehead atoms. The van der Waals surface area contributed by atoms with Crippen LogP contribution in [0.5, 0.6) is 5.75 Å². The van der Waals surface area contributed by atoms with E-state index in [9.17, 15) is 24.3 Å². The van der Waals surface area contributed by atoms with Gasteiger partial charge in [0.05, 0.1) is 25.4 Å². The Morgan fingerprint density at radius 1 is 1.13 bits per heavy atom. The zero-order chi connectivity index (χ0) is 28.8. The third-order valence-corrected chi connectivity index (χ3v) is 7.92. The molecule has 2 fully saturated rings. The average Bonchev–Trinajstić information content (AvgIpc) is 3.40. The van der Waals surface area contributed by atoms with E-state index in [1.807, 2.05) is 12.1 Å². The molecule has 1 aromatic rings. The lowest BCUT2D eigenvalue weighted by molar-refractivity contribution is -0.135. The first kappa shape index (κ1) is 31.0. The molecule has 4 atom stereocenters. The summed E-state index contributed by atoms with van der Waals surface area (Å²) in [6, 6.07) is 6.45. The summed E-state index contributed by atoms with van der Waals surface area (Å²) < 4.78 is 10.7. The summed E-state index contributed by atoms with van der Waals surface area (Å²) in [5.74, 6) is -0.854. The van der Waals surface area contributed by atoms with Crippen molar-refractivity contribution in [1.82, 2.24) is 5.32 Å². The number of benzene rings is 1. The molecular weight excluding hydrogens is 498 g/mol. The smallest absolute Gasteiger partial charge is 0.223 e. The van der Waals surface area contributed by atoms with Gasteiger partial charge in [0.1, 0.15) is 17.1 Å². The minimum atomic E-state index is -1.15. The molecule has 8 heteroatoms. The lowest BCUT2D eigenvalue weighted by Crippen LogP contribution is -2.46. The van der Waals surface area contributed by atoms with E-state index in [0.29, 0.717) is 24.7 Å². The molecule has 0 aromatic heterocycles. The van der Waals surface area contributed by atoms with Crippen LogP contribution >= 0.6 is 0 Å². The van der Waals surface area contributed by atoms with Gasteiger partial charge in [0.25, 0.3) is 0 Å². The largest absolute Gasteiger partial charge is 0.497 e. The number of hydrogen-bond donors (Lipinski definition) is 2. The second kappa shape index (κ2) is 13.2. The van der Waals surface area contributed by atoms with Crippen molar-refractivity contribution in [1.29, 1.82) is 0 Å². The Labute approximate surface area is 232 Å². The fourth-order valence-corrected chi connectivity index (χ4v) is 5.54. The minimum Gasteiger partial charge on any atom is -0.497 e. The summed E-state index contributed by atoms with van der Waals surface area (Å²) in [5, 5.41) is 12.8. The van der Waals surface area contributed by atoms with Gasteiger partial charge in [0.2, 0.25) is 5.91 Å². The van der Waals surface area contributed by atoms with E-state index in [1.54, 1.807) is 46.9 Å². The van der Waals surface area contributed by atoms with Gasteiger partial charge < -0.3 is 19.9 Å². The zero-order valence-corrected chi connectivity index (χ0v) is 24.1. The number of epoxide rings is 1. The maximum absolute atomic E-state index is 13.7. The summed E-state index contributed by atoms with van der Waals surface area (Å²) in [7, 11) is 1.58. The maximum atomic E-state index is 13.7. The number of ether oxygens (including phenoxy) is 2. The third-order valence-electron chi connectivity index (χ3n) is 7.92.